The fourth-order valence-corrected chi connectivity index (χ4v) is 3.74. The minimum Gasteiger partial charge on any atom is -0.465 e. The lowest BCUT2D eigenvalue weighted by Crippen LogP contribution is -2.43. The van der Waals surface area contributed by atoms with E-state index in [1.807, 2.05) is 29.2 Å². The van der Waals surface area contributed by atoms with Crippen molar-refractivity contribution in [2.75, 3.05) is 45.4 Å². The number of piperazine rings is 1. The second kappa shape index (κ2) is 10.1. The second-order valence-corrected chi connectivity index (χ2v) is 7.65. The van der Waals surface area contributed by atoms with Gasteiger partial charge in [0.25, 0.3) is 5.91 Å². The van der Waals surface area contributed by atoms with Gasteiger partial charge in [-0.2, -0.15) is 5.26 Å². The Kier molecular flexibility index (Phi) is 6.76. The molecule has 0 radical (unpaired) electrons. The highest BCUT2D eigenvalue weighted by atomic mass is 16.7. The molecule has 2 aliphatic rings. The van der Waals surface area contributed by atoms with Crippen molar-refractivity contribution in [3.05, 3.63) is 65.4 Å². The molecule has 2 aliphatic heterocycles. The fourth-order valence-electron chi connectivity index (χ4n) is 3.74. The van der Waals surface area contributed by atoms with Crippen LogP contribution in [0.3, 0.4) is 0 Å². The normalized spacial score (nSPS) is 15.6. The van der Waals surface area contributed by atoms with Gasteiger partial charge in [-0.1, -0.05) is 18.2 Å². The maximum atomic E-state index is 12.7. The monoisotopic (exact) mass is 448 g/mol. The van der Waals surface area contributed by atoms with E-state index < -0.39 is 11.9 Å². The molecule has 0 aliphatic carbocycles. The number of methoxy groups -OCH3 is 1. The van der Waals surface area contributed by atoms with E-state index in [-0.39, 0.29) is 17.9 Å². The number of para-hydroxylation sites is 1. The molecule has 9 heteroatoms. The van der Waals surface area contributed by atoms with Gasteiger partial charge in [-0.3, -0.25) is 9.69 Å². The summed E-state index contributed by atoms with van der Waals surface area (Å²) >= 11 is 0. The lowest BCUT2D eigenvalue weighted by atomic mass is 10.1. The number of hydrogen-bond acceptors (Lipinski definition) is 8. The number of carbonyl (C=O) groups is 2. The molecule has 1 fully saturated rings. The van der Waals surface area contributed by atoms with Crippen LogP contribution in [-0.2, 0) is 16.1 Å². The zero-order chi connectivity index (χ0) is 23.2. The van der Waals surface area contributed by atoms with E-state index in [0.717, 1.165) is 36.7 Å². The molecule has 2 aromatic rings. The molecule has 4 rings (SSSR count). The first-order valence-electron chi connectivity index (χ1n) is 10.5. The van der Waals surface area contributed by atoms with E-state index in [0.29, 0.717) is 18.8 Å². The number of hydrogen-bond donors (Lipinski definition) is 1. The van der Waals surface area contributed by atoms with Gasteiger partial charge < -0.3 is 24.4 Å². The van der Waals surface area contributed by atoms with Gasteiger partial charge in [0.1, 0.15) is 11.6 Å². The largest absolute Gasteiger partial charge is 0.465 e. The second-order valence-electron chi connectivity index (χ2n) is 7.65. The maximum Gasteiger partial charge on any atom is 0.339 e. The van der Waals surface area contributed by atoms with Crippen LogP contribution in [0.1, 0.15) is 15.9 Å². The molecule has 33 heavy (non-hydrogen) atoms. The summed E-state index contributed by atoms with van der Waals surface area (Å²) in [5.41, 5.74) is 1.63. The predicted molar refractivity (Wildman–Crippen MR) is 120 cm³/mol. The van der Waals surface area contributed by atoms with Crippen molar-refractivity contribution in [1.29, 1.82) is 5.26 Å². The number of nitriles is 1. The van der Waals surface area contributed by atoms with Gasteiger partial charge in [-0.05, 0) is 29.8 Å². The molecule has 0 atom stereocenters. The molecule has 0 aromatic heterocycles. The summed E-state index contributed by atoms with van der Waals surface area (Å²) in [6.07, 6.45) is 1.58. The van der Waals surface area contributed by atoms with E-state index in [1.54, 1.807) is 30.5 Å². The molecular formula is C24H24N4O5. The minimum absolute atomic E-state index is 0.0288. The molecule has 0 saturated carbocycles. The van der Waals surface area contributed by atoms with E-state index >= 15 is 0 Å². The van der Waals surface area contributed by atoms with Crippen LogP contribution in [0, 0.1) is 11.3 Å². The van der Waals surface area contributed by atoms with Gasteiger partial charge in [0.15, 0.2) is 11.5 Å². The van der Waals surface area contributed by atoms with Crippen LogP contribution in [0.5, 0.6) is 11.5 Å². The first-order chi connectivity index (χ1) is 16.1. The highest BCUT2D eigenvalue weighted by Gasteiger charge is 2.20. The van der Waals surface area contributed by atoms with E-state index in [1.165, 1.54) is 7.11 Å². The molecule has 1 amide bonds. The number of nitrogens with one attached hydrogen (secondary N) is 1. The lowest BCUT2D eigenvalue weighted by molar-refractivity contribution is -0.112. The summed E-state index contributed by atoms with van der Waals surface area (Å²) in [6.45, 7) is 3.98. The standard InChI is InChI=1S/C24H24N4O5/c1-31-24(30)19-4-2-3-5-20(19)26-23(29)18(13-25)15-28-10-8-27(9-11-28)14-17-6-7-21-22(12-17)33-16-32-21/h2-7,12,15H,8-11,14,16H2,1H3,(H,26,29)/b18-15-. The zero-order valence-electron chi connectivity index (χ0n) is 18.2. The summed E-state index contributed by atoms with van der Waals surface area (Å²) in [5, 5.41) is 12.2. The first kappa shape index (κ1) is 22.2. The van der Waals surface area contributed by atoms with Crippen LogP contribution in [0.15, 0.2) is 54.2 Å². The third kappa shape index (κ3) is 5.25. The van der Waals surface area contributed by atoms with E-state index in [9.17, 15) is 14.9 Å². The summed E-state index contributed by atoms with van der Waals surface area (Å²) in [6, 6.07) is 14.4. The SMILES string of the molecule is COC(=O)c1ccccc1NC(=O)/C(C#N)=C\N1CCN(Cc2ccc3c(c2)OCO3)CC1. The number of ether oxygens (including phenoxy) is 3. The Balaban J connectivity index is 1.34. The van der Waals surface area contributed by atoms with Gasteiger partial charge in [0.2, 0.25) is 6.79 Å². The fraction of sp³-hybridized carbons (Fsp3) is 0.292. The number of anilines is 1. The average Bonchev–Trinajstić information content (AvgIpc) is 3.31. The third-order valence-corrected chi connectivity index (χ3v) is 5.51. The summed E-state index contributed by atoms with van der Waals surface area (Å²) < 4.78 is 15.5. The Bertz CT molecular complexity index is 1120. The Morgan fingerprint density at radius 1 is 1.12 bits per heavy atom. The van der Waals surface area contributed by atoms with Crippen molar-refractivity contribution in [2.45, 2.75) is 6.54 Å². The molecule has 9 nitrogen and oxygen atoms in total. The molecule has 170 valence electrons. The van der Waals surface area contributed by atoms with Crippen molar-refractivity contribution < 1.29 is 23.8 Å². The van der Waals surface area contributed by atoms with E-state index in [4.69, 9.17) is 14.2 Å². The predicted octanol–water partition coefficient (Wildman–Crippen LogP) is 2.37. The highest BCUT2D eigenvalue weighted by molar-refractivity contribution is 6.09. The zero-order valence-corrected chi connectivity index (χ0v) is 18.2. The molecular weight excluding hydrogens is 424 g/mol. The number of fused-ring (bicyclic) bond motifs is 1. The number of amides is 1. The summed E-state index contributed by atoms with van der Waals surface area (Å²) in [5.74, 6) is 0.404. The van der Waals surface area contributed by atoms with Crippen molar-refractivity contribution in [1.82, 2.24) is 9.80 Å². The number of esters is 1. The summed E-state index contributed by atoms with van der Waals surface area (Å²) in [4.78, 5) is 28.8. The van der Waals surface area contributed by atoms with Crippen LogP contribution in [0.25, 0.3) is 0 Å². The van der Waals surface area contributed by atoms with Gasteiger partial charge in [-0.25, -0.2) is 4.79 Å². The Morgan fingerprint density at radius 2 is 1.88 bits per heavy atom. The number of benzene rings is 2. The molecule has 1 N–H and O–H groups in total. The van der Waals surface area contributed by atoms with Gasteiger partial charge in [0, 0.05) is 38.9 Å². The number of carbonyl (C=O) groups excluding carboxylic acids is 2. The first-order valence-corrected chi connectivity index (χ1v) is 10.5. The summed E-state index contributed by atoms with van der Waals surface area (Å²) in [7, 11) is 1.27. The van der Waals surface area contributed by atoms with Crippen LogP contribution < -0.4 is 14.8 Å². The molecule has 0 spiro atoms. The van der Waals surface area contributed by atoms with Crippen molar-refractivity contribution in [3.63, 3.8) is 0 Å². The molecule has 0 unspecified atom stereocenters. The van der Waals surface area contributed by atoms with Crippen LogP contribution in [0.4, 0.5) is 5.69 Å². The molecule has 2 heterocycles. The topological polar surface area (TPSA) is 104 Å². The quantitative estimate of drug-likeness (QED) is 0.408. The number of rotatable bonds is 6. The van der Waals surface area contributed by atoms with Crippen molar-refractivity contribution in [2.24, 2.45) is 0 Å². The molecule has 2 aromatic carbocycles. The number of nitrogens with zero attached hydrogens (tertiary/aromatic N) is 3. The molecule has 0 bridgehead atoms. The smallest absolute Gasteiger partial charge is 0.339 e. The van der Waals surface area contributed by atoms with Gasteiger partial charge in [0.05, 0.1) is 18.4 Å². The van der Waals surface area contributed by atoms with Gasteiger partial charge in [-0.15, -0.1) is 0 Å². The van der Waals surface area contributed by atoms with E-state index in [2.05, 4.69) is 10.2 Å². The minimum atomic E-state index is -0.573. The van der Waals surface area contributed by atoms with Gasteiger partial charge >= 0.3 is 5.97 Å². The van der Waals surface area contributed by atoms with Crippen molar-refractivity contribution in [3.8, 4) is 17.6 Å². The average molecular weight is 448 g/mol. The Morgan fingerprint density at radius 3 is 2.64 bits per heavy atom. The lowest BCUT2D eigenvalue weighted by Gasteiger charge is -2.34. The Labute approximate surface area is 191 Å². The highest BCUT2D eigenvalue weighted by Crippen LogP contribution is 2.32. The van der Waals surface area contributed by atoms with Crippen LogP contribution in [0.2, 0.25) is 0 Å². The van der Waals surface area contributed by atoms with Crippen LogP contribution in [-0.4, -0.2) is 61.8 Å². The third-order valence-electron chi connectivity index (χ3n) is 5.51. The maximum absolute atomic E-state index is 12.7. The Hall–Kier alpha value is -4.03. The molecule has 1 saturated heterocycles. The van der Waals surface area contributed by atoms with Crippen molar-refractivity contribution >= 4 is 17.6 Å². The van der Waals surface area contributed by atoms with Crippen LogP contribution >= 0.6 is 0 Å².